The van der Waals surface area contributed by atoms with Crippen molar-refractivity contribution >= 4 is 11.9 Å². The number of para-hydroxylation sites is 2. The van der Waals surface area contributed by atoms with E-state index in [9.17, 15) is 9.59 Å². The van der Waals surface area contributed by atoms with Gasteiger partial charge in [0.2, 0.25) is 0 Å². The molecule has 0 spiro atoms. The number of hydrogen-bond acceptors (Lipinski definition) is 6. The zero-order valence-corrected chi connectivity index (χ0v) is 18.2. The first-order valence-corrected chi connectivity index (χ1v) is 10.4. The SMILES string of the molecule is CC(C)c1ccccc1OCC(=O)Oc1cccc(C(=O)OCCOc2ccccc2)c1. The molecule has 0 aliphatic rings. The van der Waals surface area contributed by atoms with E-state index in [1.807, 2.05) is 54.6 Å². The summed E-state index contributed by atoms with van der Waals surface area (Å²) in [6.07, 6.45) is 0. The van der Waals surface area contributed by atoms with Gasteiger partial charge in [-0.2, -0.15) is 0 Å². The van der Waals surface area contributed by atoms with Gasteiger partial charge in [0.05, 0.1) is 5.56 Å². The lowest BCUT2D eigenvalue weighted by atomic mass is 10.0. The molecule has 0 radical (unpaired) electrons. The van der Waals surface area contributed by atoms with Crippen LogP contribution in [0.25, 0.3) is 0 Å². The number of rotatable bonds is 10. The van der Waals surface area contributed by atoms with Gasteiger partial charge in [-0.05, 0) is 47.9 Å². The minimum atomic E-state index is -0.565. The highest BCUT2D eigenvalue weighted by Crippen LogP contribution is 2.25. The van der Waals surface area contributed by atoms with Crippen molar-refractivity contribution in [3.63, 3.8) is 0 Å². The van der Waals surface area contributed by atoms with Crippen LogP contribution in [0.1, 0.15) is 35.7 Å². The summed E-state index contributed by atoms with van der Waals surface area (Å²) in [5.74, 6) is 0.769. The molecule has 6 nitrogen and oxygen atoms in total. The fourth-order valence-electron chi connectivity index (χ4n) is 2.97. The van der Waals surface area contributed by atoms with E-state index in [4.69, 9.17) is 18.9 Å². The standard InChI is InChI=1S/C26H26O6/c1-19(2)23-13-6-7-14-24(23)31-18-25(27)32-22-12-8-9-20(17-22)26(28)30-16-15-29-21-10-4-3-5-11-21/h3-14,17,19H,15-16,18H2,1-2H3. The second kappa shape index (κ2) is 11.6. The second-order valence-corrected chi connectivity index (χ2v) is 7.28. The molecular formula is C26H26O6. The quantitative estimate of drug-likeness (QED) is 0.253. The van der Waals surface area contributed by atoms with E-state index in [-0.39, 0.29) is 37.1 Å². The molecular weight excluding hydrogens is 408 g/mol. The highest BCUT2D eigenvalue weighted by Gasteiger charge is 2.13. The normalized spacial score (nSPS) is 10.5. The Hall–Kier alpha value is -3.80. The number of carbonyl (C=O) groups is 2. The minimum absolute atomic E-state index is 0.0981. The summed E-state index contributed by atoms with van der Waals surface area (Å²) in [5.41, 5.74) is 1.29. The Morgan fingerprint density at radius 3 is 2.28 bits per heavy atom. The fraction of sp³-hybridized carbons (Fsp3) is 0.231. The molecule has 3 aromatic carbocycles. The van der Waals surface area contributed by atoms with Gasteiger partial charge < -0.3 is 18.9 Å². The maximum Gasteiger partial charge on any atom is 0.349 e. The molecule has 0 aliphatic carbocycles. The Labute approximate surface area is 187 Å². The maximum atomic E-state index is 12.3. The highest BCUT2D eigenvalue weighted by atomic mass is 16.6. The van der Waals surface area contributed by atoms with Crippen LogP contribution in [0.15, 0.2) is 78.9 Å². The van der Waals surface area contributed by atoms with Gasteiger partial charge in [-0.15, -0.1) is 0 Å². The molecule has 0 bridgehead atoms. The van der Waals surface area contributed by atoms with E-state index in [1.54, 1.807) is 18.2 Å². The van der Waals surface area contributed by atoms with Crippen molar-refractivity contribution in [1.82, 2.24) is 0 Å². The minimum Gasteiger partial charge on any atom is -0.490 e. The zero-order valence-electron chi connectivity index (χ0n) is 18.2. The van der Waals surface area contributed by atoms with E-state index >= 15 is 0 Å². The summed E-state index contributed by atoms with van der Waals surface area (Å²) in [6, 6.07) is 23.1. The van der Waals surface area contributed by atoms with Gasteiger partial charge in [0.15, 0.2) is 6.61 Å². The second-order valence-electron chi connectivity index (χ2n) is 7.28. The van der Waals surface area contributed by atoms with Gasteiger partial charge in [-0.1, -0.05) is 56.3 Å². The number of carbonyl (C=O) groups excluding carboxylic acids is 2. The van der Waals surface area contributed by atoms with Crippen LogP contribution in [-0.2, 0) is 9.53 Å². The van der Waals surface area contributed by atoms with Crippen LogP contribution in [0, 0.1) is 0 Å². The van der Waals surface area contributed by atoms with Crippen LogP contribution in [0.3, 0.4) is 0 Å². The summed E-state index contributed by atoms with van der Waals surface area (Å²) in [5, 5.41) is 0. The molecule has 166 valence electrons. The van der Waals surface area contributed by atoms with E-state index in [1.165, 1.54) is 6.07 Å². The van der Waals surface area contributed by atoms with Crippen LogP contribution >= 0.6 is 0 Å². The van der Waals surface area contributed by atoms with Crippen LogP contribution in [-0.4, -0.2) is 31.8 Å². The molecule has 0 unspecified atom stereocenters. The summed E-state index contributed by atoms with van der Waals surface area (Å²) in [4.78, 5) is 24.5. The first kappa shape index (κ1) is 22.9. The first-order chi connectivity index (χ1) is 15.5. The largest absolute Gasteiger partial charge is 0.490 e. The topological polar surface area (TPSA) is 71.1 Å². The number of esters is 2. The molecule has 6 heteroatoms. The van der Waals surface area contributed by atoms with Gasteiger partial charge in [-0.25, -0.2) is 9.59 Å². The highest BCUT2D eigenvalue weighted by molar-refractivity contribution is 5.90. The Kier molecular flexibility index (Phi) is 8.26. The zero-order chi connectivity index (χ0) is 22.8. The molecule has 0 atom stereocenters. The van der Waals surface area contributed by atoms with Crippen molar-refractivity contribution in [3.05, 3.63) is 90.0 Å². The third-order valence-corrected chi connectivity index (χ3v) is 4.52. The summed E-state index contributed by atoms with van der Waals surface area (Å²) < 4.78 is 21.7. The van der Waals surface area contributed by atoms with Crippen LogP contribution in [0.5, 0.6) is 17.2 Å². The molecule has 0 fully saturated rings. The number of benzene rings is 3. The third kappa shape index (κ3) is 6.87. The van der Waals surface area contributed by atoms with Gasteiger partial charge in [0.25, 0.3) is 0 Å². The molecule has 0 saturated heterocycles. The third-order valence-electron chi connectivity index (χ3n) is 4.52. The van der Waals surface area contributed by atoms with Crippen molar-refractivity contribution in [2.24, 2.45) is 0 Å². The lowest BCUT2D eigenvalue weighted by Gasteiger charge is -2.13. The summed E-state index contributed by atoms with van der Waals surface area (Å²) in [6.45, 7) is 4.20. The predicted octanol–water partition coefficient (Wildman–Crippen LogP) is 5.03. The summed E-state index contributed by atoms with van der Waals surface area (Å²) in [7, 11) is 0. The van der Waals surface area contributed by atoms with Gasteiger partial charge in [0.1, 0.15) is 30.5 Å². The van der Waals surface area contributed by atoms with E-state index in [0.717, 1.165) is 5.56 Å². The molecule has 0 aliphatic heterocycles. The van der Waals surface area contributed by atoms with Crippen LogP contribution in [0.4, 0.5) is 0 Å². The van der Waals surface area contributed by atoms with Crippen molar-refractivity contribution in [1.29, 1.82) is 0 Å². The van der Waals surface area contributed by atoms with Gasteiger partial charge in [0, 0.05) is 0 Å². The van der Waals surface area contributed by atoms with E-state index < -0.39 is 11.9 Å². The average Bonchev–Trinajstić information content (AvgIpc) is 2.81. The smallest absolute Gasteiger partial charge is 0.349 e. The molecule has 32 heavy (non-hydrogen) atoms. The number of hydrogen-bond donors (Lipinski definition) is 0. The summed E-state index contributed by atoms with van der Waals surface area (Å²) >= 11 is 0. The Morgan fingerprint density at radius 2 is 1.50 bits per heavy atom. The molecule has 0 saturated carbocycles. The molecule has 3 rings (SSSR count). The Bertz CT molecular complexity index is 1030. The van der Waals surface area contributed by atoms with Crippen molar-refractivity contribution in [2.45, 2.75) is 19.8 Å². The molecule has 0 aromatic heterocycles. The Morgan fingerprint density at radius 1 is 0.781 bits per heavy atom. The van der Waals surface area contributed by atoms with Crippen molar-refractivity contribution in [3.8, 4) is 17.2 Å². The van der Waals surface area contributed by atoms with Crippen molar-refractivity contribution in [2.75, 3.05) is 19.8 Å². The average molecular weight is 434 g/mol. The molecule has 0 heterocycles. The van der Waals surface area contributed by atoms with E-state index in [0.29, 0.717) is 11.5 Å². The molecule has 0 N–H and O–H groups in total. The van der Waals surface area contributed by atoms with Crippen LogP contribution in [0.2, 0.25) is 0 Å². The molecule has 0 amide bonds. The maximum absolute atomic E-state index is 12.3. The monoisotopic (exact) mass is 434 g/mol. The van der Waals surface area contributed by atoms with E-state index in [2.05, 4.69) is 13.8 Å². The lowest BCUT2D eigenvalue weighted by Crippen LogP contribution is -2.18. The van der Waals surface area contributed by atoms with Crippen molar-refractivity contribution < 1.29 is 28.5 Å². The molecule has 3 aromatic rings. The number of ether oxygens (including phenoxy) is 4. The predicted molar refractivity (Wildman–Crippen MR) is 120 cm³/mol. The lowest BCUT2D eigenvalue weighted by molar-refractivity contribution is -0.136. The Balaban J connectivity index is 1.47. The first-order valence-electron chi connectivity index (χ1n) is 10.4. The van der Waals surface area contributed by atoms with Gasteiger partial charge >= 0.3 is 11.9 Å². The van der Waals surface area contributed by atoms with Gasteiger partial charge in [-0.3, -0.25) is 0 Å². The van der Waals surface area contributed by atoms with Crippen LogP contribution < -0.4 is 14.2 Å². The fourth-order valence-corrected chi connectivity index (χ4v) is 2.97.